The topological polar surface area (TPSA) is 59.3 Å². The van der Waals surface area contributed by atoms with Gasteiger partial charge in [-0.15, -0.1) is 0 Å². The summed E-state index contributed by atoms with van der Waals surface area (Å²) in [5.74, 6) is -0.298. The number of pyridine rings is 1. The standard InChI is InChI=1S/C19H17ClN4O/c1-13-9-16(12-22-23-19(25)15-5-4-8-21-11-15)14(2)24(13)18-7-3-6-17(20)10-18/h3-12H,1-2H3,(H,23,25)/b22-12+. The van der Waals surface area contributed by atoms with Crippen molar-refractivity contribution in [3.05, 3.63) is 82.4 Å². The molecule has 0 aliphatic heterocycles. The number of hydrazone groups is 1. The lowest BCUT2D eigenvalue weighted by Crippen LogP contribution is -2.17. The van der Waals surface area contributed by atoms with Crippen molar-refractivity contribution in [2.24, 2.45) is 5.10 Å². The number of rotatable bonds is 4. The SMILES string of the molecule is Cc1cc(/C=N/NC(=O)c2cccnc2)c(C)n1-c1cccc(Cl)c1. The van der Waals surface area contributed by atoms with Gasteiger partial charge in [0.2, 0.25) is 0 Å². The van der Waals surface area contributed by atoms with Crippen LogP contribution in [0, 0.1) is 13.8 Å². The molecule has 0 saturated heterocycles. The molecule has 0 aliphatic rings. The predicted octanol–water partition coefficient (Wildman–Crippen LogP) is 3.91. The first-order chi connectivity index (χ1) is 12.1. The highest BCUT2D eigenvalue weighted by Gasteiger charge is 2.10. The smallest absolute Gasteiger partial charge is 0.272 e. The van der Waals surface area contributed by atoms with Gasteiger partial charge in [0, 0.05) is 40.1 Å². The molecule has 0 saturated carbocycles. The number of carbonyl (C=O) groups is 1. The Balaban J connectivity index is 1.80. The Hall–Kier alpha value is -2.92. The highest BCUT2D eigenvalue weighted by molar-refractivity contribution is 6.30. The Bertz CT molecular complexity index is 932. The van der Waals surface area contributed by atoms with Crippen LogP contribution in [0.15, 0.2) is 60.0 Å². The summed E-state index contributed by atoms with van der Waals surface area (Å²) in [6, 6.07) is 13.1. The Morgan fingerprint density at radius 2 is 2.08 bits per heavy atom. The van der Waals surface area contributed by atoms with E-state index < -0.39 is 0 Å². The van der Waals surface area contributed by atoms with Crippen LogP contribution in [0.3, 0.4) is 0 Å². The number of hydrogen-bond donors (Lipinski definition) is 1. The Labute approximate surface area is 151 Å². The van der Waals surface area contributed by atoms with Crippen LogP contribution in [-0.2, 0) is 0 Å². The van der Waals surface area contributed by atoms with Crippen molar-refractivity contribution >= 4 is 23.7 Å². The molecule has 2 heterocycles. The van der Waals surface area contributed by atoms with Crippen molar-refractivity contribution in [2.75, 3.05) is 0 Å². The fraction of sp³-hybridized carbons (Fsp3) is 0.105. The molecular formula is C19H17ClN4O. The molecule has 3 rings (SSSR count). The molecule has 0 bridgehead atoms. The maximum atomic E-state index is 12.0. The average Bonchev–Trinajstić information content (AvgIpc) is 2.89. The second-order valence-corrected chi connectivity index (χ2v) is 6.02. The van der Waals surface area contributed by atoms with Crippen LogP contribution in [0.2, 0.25) is 5.02 Å². The van der Waals surface area contributed by atoms with Crippen molar-refractivity contribution in [3.8, 4) is 5.69 Å². The number of hydrogen-bond acceptors (Lipinski definition) is 3. The zero-order chi connectivity index (χ0) is 17.8. The van der Waals surface area contributed by atoms with Crippen LogP contribution in [0.25, 0.3) is 5.69 Å². The van der Waals surface area contributed by atoms with Gasteiger partial charge in [-0.2, -0.15) is 5.10 Å². The Morgan fingerprint density at radius 1 is 1.24 bits per heavy atom. The van der Waals surface area contributed by atoms with E-state index >= 15 is 0 Å². The number of nitrogens with zero attached hydrogens (tertiary/aromatic N) is 3. The minimum absolute atomic E-state index is 0.298. The van der Waals surface area contributed by atoms with Gasteiger partial charge in [-0.1, -0.05) is 17.7 Å². The molecule has 1 aromatic carbocycles. The molecule has 0 atom stereocenters. The zero-order valence-electron chi connectivity index (χ0n) is 13.9. The van der Waals surface area contributed by atoms with Crippen molar-refractivity contribution in [1.82, 2.24) is 15.0 Å². The first kappa shape index (κ1) is 16.9. The molecule has 3 aromatic rings. The van der Waals surface area contributed by atoms with E-state index in [1.54, 1.807) is 24.5 Å². The van der Waals surface area contributed by atoms with Crippen LogP contribution in [0.5, 0.6) is 0 Å². The fourth-order valence-corrected chi connectivity index (χ4v) is 2.84. The fourth-order valence-electron chi connectivity index (χ4n) is 2.65. The summed E-state index contributed by atoms with van der Waals surface area (Å²) < 4.78 is 2.09. The second-order valence-electron chi connectivity index (χ2n) is 5.58. The number of carbonyl (C=O) groups excluding carboxylic acids is 1. The van der Waals surface area contributed by atoms with Crippen molar-refractivity contribution in [2.45, 2.75) is 13.8 Å². The number of aryl methyl sites for hydroxylation is 1. The van der Waals surface area contributed by atoms with E-state index in [4.69, 9.17) is 11.6 Å². The molecule has 0 aliphatic carbocycles. The predicted molar refractivity (Wildman–Crippen MR) is 99.6 cm³/mol. The van der Waals surface area contributed by atoms with E-state index in [9.17, 15) is 4.79 Å². The van der Waals surface area contributed by atoms with Gasteiger partial charge < -0.3 is 4.57 Å². The molecular weight excluding hydrogens is 336 g/mol. The first-order valence-corrected chi connectivity index (χ1v) is 8.12. The lowest BCUT2D eigenvalue weighted by atomic mass is 10.2. The molecule has 0 unspecified atom stereocenters. The van der Waals surface area contributed by atoms with E-state index in [0.717, 1.165) is 22.6 Å². The van der Waals surface area contributed by atoms with E-state index in [-0.39, 0.29) is 5.91 Å². The zero-order valence-corrected chi connectivity index (χ0v) is 14.7. The summed E-state index contributed by atoms with van der Waals surface area (Å²) in [5, 5.41) is 4.74. The number of aromatic nitrogens is 2. The van der Waals surface area contributed by atoms with Gasteiger partial charge in [0.25, 0.3) is 5.91 Å². The van der Waals surface area contributed by atoms with Gasteiger partial charge in [-0.25, -0.2) is 5.43 Å². The maximum absolute atomic E-state index is 12.0. The van der Waals surface area contributed by atoms with Gasteiger partial charge in [-0.3, -0.25) is 9.78 Å². The van der Waals surface area contributed by atoms with Gasteiger partial charge in [0.1, 0.15) is 0 Å². The van der Waals surface area contributed by atoms with Gasteiger partial charge in [0.05, 0.1) is 11.8 Å². The van der Waals surface area contributed by atoms with Crippen molar-refractivity contribution < 1.29 is 4.79 Å². The number of amides is 1. The molecule has 5 nitrogen and oxygen atoms in total. The molecule has 25 heavy (non-hydrogen) atoms. The molecule has 1 N–H and O–H groups in total. The summed E-state index contributed by atoms with van der Waals surface area (Å²) in [5.41, 5.74) is 6.95. The van der Waals surface area contributed by atoms with Crippen LogP contribution in [0.1, 0.15) is 27.3 Å². The minimum atomic E-state index is -0.298. The number of halogens is 1. The van der Waals surface area contributed by atoms with Crippen LogP contribution < -0.4 is 5.43 Å². The number of nitrogens with one attached hydrogen (secondary N) is 1. The molecule has 0 radical (unpaired) electrons. The minimum Gasteiger partial charge on any atom is -0.318 e. The molecule has 2 aromatic heterocycles. The van der Waals surface area contributed by atoms with Gasteiger partial charge >= 0.3 is 0 Å². The molecule has 6 heteroatoms. The maximum Gasteiger partial charge on any atom is 0.272 e. The Morgan fingerprint density at radius 3 is 2.80 bits per heavy atom. The number of benzene rings is 1. The van der Waals surface area contributed by atoms with E-state index in [2.05, 4.69) is 20.1 Å². The Kier molecular flexibility index (Phi) is 4.95. The van der Waals surface area contributed by atoms with Gasteiger partial charge in [0.15, 0.2) is 0 Å². The quantitative estimate of drug-likeness (QED) is 0.571. The highest BCUT2D eigenvalue weighted by Crippen LogP contribution is 2.22. The molecule has 1 amide bonds. The molecule has 0 spiro atoms. The third kappa shape index (κ3) is 3.78. The summed E-state index contributed by atoms with van der Waals surface area (Å²) in [4.78, 5) is 15.9. The largest absolute Gasteiger partial charge is 0.318 e. The normalized spacial score (nSPS) is 11.0. The van der Waals surface area contributed by atoms with E-state index in [1.807, 2.05) is 44.2 Å². The molecule has 0 fully saturated rings. The summed E-state index contributed by atoms with van der Waals surface area (Å²) in [6.45, 7) is 4.01. The van der Waals surface area contributed by atoms with Crippen LogP contribution >= 0.6 is 11.6 Å². The van der Waals surface area contributed by atoms with Crippen LogP contribution in [-0.4, -0.2) is 21.7 Å². The first-order valence-electron chi connectivity index (χ1n) is 7.74. The summed E-state index contributed by atoms with van der Waals surface area (Å²) >= 11 is 6.09. The third-order valence-electron chi connectivity index (χ3n) is 3.83. The van der Waals surface area contributed by atoms with Crippen molar-refractivity contribution in [1.29, 1.82) is 0 Å². The lowest BCUT2D eigenvalue weighted by molar-refractivity contribution is 0.0955. The van der Waals surface area contributed by atoms with Crippen LogP contribution in [0.4, 0.5) is 0 Å². The molecule has 126 valence electrons. The third-order valence-corrected chi connectivity index (χ3v) is 4.07. The monoisotopic (exact) mass is 352 g/mol. The summed E-state index contributed by atoms with van der Waals surface area (Å²) in [6.07, 6.45) is 4.75. The van der Waals surface area contributed by atoms with E-state index in [1.165, 1.54) is 6.20 Å². The van der Waals surface area contributed by atoms with Crippen molar-refractivity contribution in [3.63, 3.8) is 0 Å². The highest BCUT2D eigenvalue weighted by atomic mass is 35.5. The second kappa shape index (κ2) is 7.32. The lowest BCUT2D eigenvalue weighted by Gasteiger charge is -2.09. The van der Waals surface area contributed by atoms with E-state index in [0.29, 0.717) is 10.6 Å². The van der Waals surface area contributed by atoms with Gasteiger partial charge in [-0.05, 0) is 50.2 Å². The summed E-state index contributed by atoms with van der Waals surface area (Å²) in [7, 11) is 0. The average molecular weight is 353 g/mol.